The number of fused-ring (bicyclic) bond motifs is 1. The number of carboxylic acid groups (broad SMARTS) is 1. The quantitative estimate of drug-likeness (QED) is 0.437. The van der Waals surface area contributed by atoms with Gasteiger partial charge in [0, 0.05) is 10.9 Å². The minimum atomic E-state index is -4.10. The molecule has 0 radical (unpaired) electrons. The Morgan fingerprint density at radius 3 is 2.52 bits per heavy atom. The molecule has 0 aliphatic rings. The van der Waals surface area contributed by atoms with Crippen LogP contribution in [0.15, 0.2) is 71.6 Å². The van der Waals surface area contributed by atoms with Gasteiger partial charge in [-0.1, -0.05) is 41.9 Å². The van der Waals surface area contributed by atoms with Crippen molar-refractivity contribution in [3.05, 3.63) is 77.3 Å². The number of benzene rings is 3. The SMILES string of the molecule is O=C(O)c1ccccc1S(=O)(=O)Nc1ccc2c(-c3ccccc3Cl)n[nH]c2c1. The number of H-pyrrole nitrogens is 1. The standard InChI is InChI=1S/C20H14ClN3O4S/c21-16-7-3-1-5-13(16)19-14-10-9-12(11-17(14)22-23-19)24-29(27,28)18-8-4-2-6-15(18)20(25)26/h1-11,24H,(H,22,23)(H,25,26). The van der Waals surface area contributed by atoms with Gasteiger partial charge in [-0.3, -0.25) is 9.82 Å². The number of nitrogens with zero attached hydrogens (tertiary/aromatic N) is 1. The molecule has 1 aromatic heterocycles. The highest BCUT2D eigenvalue weighted by Gasteiger charge is 2.22. The van der Waals surface area contributed by atoms with Gasteiger partial charge in [-0.2, -0.15) is 5.10 Å². The average molecular weight is 428 g/mol. The van der Waals surface area contributed by atoms with Crippen LogP contribution < -0.4 is 4.72 Å². The number of hydrogen-bond acceptors (Lipinski definition) is 4. The fourth-order valence-corrected chi connectivity index (χ4v) is 4.50. The first-order valence-electron chi connectivity index (χ1n) is 8.45. The number of aromatic nitrogens is 2. The normalized spacial score (nSPS) is 11.5. The lowest BCUT2D eigenvalue weighted by atomic mass is 10.1. The first kappa shape index (κ1) is 19.0. The van der Waals surface area contributed by atoms with E-state index in [1.807, 2.05) is 18.2 Å². The second-order valence-corrected chi connectivity index (χ2v) is 8.28. The minimum absolute atomic E-state index is 0.270. The molecule has 0 amide bonds. The number of carbonyl (C=O) groups is 1. The maximum atomic E-state index is 12.7. The highest BCUT2D eigenvalue weighted by molar-refractivity contribution is 7.92. The van der Waals surface area contributed by atoms with Crippen LogP contribution in [0.4, 0.5) is 5.69 Å². The van der Waals surface area contributed by atoms with E-state index in [1.165, 1.54) is 24.3 Å². The lowest BCUT2D eigenvalue weighted by Gasteiger charge is -2.10. The summed E-state index contributed by atoms with van der Waals surface area (Å²) in [6.07, 6.45) is 0. The van der Waals surface area contributed by atoms with Crippen LogP contribution in [0.5, 0.6) is 0 Å². The van der Waals surface area contributed by atoms with Crippen LogP contribution in [0, 0.1) is 0 Å². The molecule has 7 nitrogen and oxygen atoms in total. The summed E-state index contributed by atoms with van der Waals surface area (Å²) in [5.41, 5.74) is 1.97. The molecule has 0 spiro atoms. The van der Waals surface area contributed by atoms with Crippen LogP contribution in [-0.2, 0) is 10.0 Å². The summed E-state index contributed by atoms with van der Waals surface area (Å²) in [7, 11) is -4.10. The van der Waals surface area contributed by atoms with Gasteiger partial charge in [-0.25, -0.2) is 13.2 Å². The summed E-state index contributed by atoms with van der Waals surface area (Å²) >= 11 is 6.25. The number of halogens is 1. The molecule has 0 bridgehead atoms. The minimum Gasteiger partial charge on any atom is -0.478 e. The van der Waals surface area contributed by atoms with E-state index in [4.69, 9.17) is 11.6 Å². The predicted octanol–water partition coefficient (Wildman–Crippen LogP) is 4.38. The van der Waals surface area contributed by atoms with Gasteiger partial charge in [0.15, 0.2) is 0 Å². The van der Waals surface area contributed by atoms with E-state index in [2.05, 4.69) is 14.9 Å². The van der Waals surface area contributed by atoms with Crippen molar-refractivity contribution < 1.29 is 18.3 Å². The molecule has 29 heavy (non-hydrogen) atoms. The Balaban J connectivity index is 1.72. The third-order valence-corrected chi connectivity index (χ3v) is 6.12. The monoisotopic (exact) mass is 427 g/mol. The Bertz CT molecular complexity index is 1350. The summed E-state index contributed by atoms with van der Waals surface area (Å²) in [5.74, 6) is -1.32. The molecule has 0 fully saturated rings. The number of aromatic carboxylic acids is 1. The molecule has 146 valence electrons. The van der Waals surface area contributed by atoms with Gasteiger partial charge in [0.05, 0.1) is 21.8 Å². The Morgan fingerprint density at radius 1 is 1.03 bits per heavy atom. The van der Waals surface area contributed by atoms with E-state index in [0.717, 1.165) is 10.9 Å². The predicted molar refractivity (Wildman–Crippen MR) is 111 cm³/mol. The molecule has 9 heteroatoms. The molecular weight excluding hydrogens is 414 g/mol. The third-order valence-electron chi connectivity index (χ3n) is 4.35. The van der Waals surface area contributed by atoms with Crippen molar-refractivity contribution in [1.82, 2.24) is 10.2 Å². The average Bonchev–Trinajstić information content (AvgIpc) is 3.11. The zero-order valence-electron chi connectivity index (χ0n) is 14.8. The molecular formula is C20H14ClN3O4S. The number of carboxylic acids is 1. The van der Waals surface area contributed by atoms with Gasteiger partial charge in [0.25, 0.3) is 10.0 Å². The summed E-state index contributed by atoms with van der Waals surface area (Å²) < 4.78 is 27.9. The molecule has 0 atom stereocenters. The topological polar surface area (TPSA) is 112 Å². The Kier molecular flexibility index (Phi) is 4.73. The summed E-state index contributed by atoms with van der Waals surface area (Å²) in [6.45, 7) is 0. The lowest BCUT2D eigenvalue weighted by Crippen LogP contribution is -2.16. The number of aromatic amines is 1. The van der Waals surface area contributed by atoms with Gasteiger partial charge in [-0.15, -0.1) is 0 Å². The third kappa shape index (κ3) is 3.55. The Hall–Kier alpha value is -3.36. The van der Waals surface area contributed by atoms with Crippen molar-refractivity contribution in [2.45, 2.75) is 4.90 Å². The molecule has 0 aliphatic heterocycles. The van der Waals surface area contributed by atoms with Crippen molar-refractivity contribution in [3.8, 4) is 11.3 Å². The number of nitrogens with one attached hydrogen (secondary N) is 2. The van der Waals surface area contributed by atoms with Crippen LogP contribution >= 0.6 is 11.6 Å². The highest BCUT2D eigenvalue weighted by atomic mass is 35.5. The summed E-state index contributed by atoms with van der Waals surface area (Å²) in [6, 6.07) is 17.6. The van der Waals surface area contributed by atoms with E-state index in [0.29, 0.717) is 16.2 Å². The second kappa shape index (κ2) is 7.23. The van der Waals surface area contributed by atoms with E-state index in [1.54, 1.807) is 24.3 Å². The van der Waals surface area contributed by atoms with Gasteiger partial charge in [0.2, 0.25) is 0 Å². The van der Waals surface area contributed by atoms with Crippen molar-refractivity contribution in [3.63, 3.8) is 0 Å². The van der Waals surface area contributed by atoms with E-state index < -0.39 is 16.0 Å². The molecule has 0 unspecified atom stereocenters. The van der Waals surface area contributed by atoms with Crippen LogP contribution in [0.25, 0.3) is 22.2 Å². The fraction of sp³-hybridized carbons (Fsp3) is 0. The molecule has 0 aliphatic carbocycles. The first-order chi connectivity index (χ1) is 13.9. The first-order valence-corrected chi connectivity index (χ1v) is 10.3. The molecule has 3 N–H and O–H groups in total. The number of hydrogen-bond donors (Lipinski definition) is 3. The van der Waals surface area contributed by atoms with Gasteiger partial charge in [0.1, 0.15) is 10.6 Å². The maximum Gasteiger partial charge on any atom is 0.337 e. The summed E-state index contributed by atoms with van der Waals surface area (Å²) in [5, 5.41) is 17.7. The molecule has 0 saturated carbocycles. The van der Waals surface area contributed by atoms with E-state index >= 15 is 0 Å². The smallest absolute Gasteiger partial charge is 0.337 e. The van der Waals surface area contributed by atoms with Crippen LogP contribution in [0.2, 0.25) is 5.02 Å². The van der Waals surface area contributed by atoms with Gasteiger partial charge in [-0.05, 0) is 36.4 Å². The number of anilines is 1. The summed E-state index contributed by atoms with van der Waals surface area (Å²) in [4.78, 5) is 11.0. The Labute approximate surface area is 171 Å². The van der Waals surface area contributed by atoms with E-state index in [-0.39, 0.29) is 16.1 Å². The number of rotatable bonds is 5. The van der Waals surface area contributed by atoms with Crippen molar-refractivity contribution in [2.24, 2.45) is 0 Å². The highest BCUT2D eigenvalue weighted by Crippen LogP contribution is 2.33. The zero-order valence-corrected chi connectivity index (χ0v) is 16.3. The van der Waals surface area contributed by atoms with Crippen molar-refractivity contribution in [1.29, 1.82) is 0 Å². The van der Waals surface area contributed by atoms with Gasteiger partial charge >= 0.3 is 5.97 Å². The largest absolute Gasteiger partial charge is 0.478 e. The molecule has 4 aromatic rings. The zero-order chi connectivity index (χ0) is 20.6. The second-order valence-electron chi connectivity index (χ2n) is 6.22. The molecule has 3 aromatic carbocycles. The molecule has 1 heterocycles. The van der Waals surface area contributed by atoms with Crippen LogP contribution in [0.3, 0.4) is 0 Å². The number of sulfonamides is 1. The van der Waals surface area contributed by atoms with Gasteiger partial charge < -0.3 is 5.11 Å². The van der Waals surface area contributed by atoms with Crippen molar-refractivity contribution in [2.75, 3.05) is 4.72 Å². The molecule has 4 rings (SSSR count). The van der Waals surface area contributed by atoms with E-state index in [9.17, 15) is 18.3 Å². The van der Waals surface area contributed by atoms with Crippen molar-refractivity contribution >= 4 is 44.2 Å². The maximum absolute atomic E-state index is 12.7. The fourth-order valence-electron chi connectivity index (χ4n) is 3.03. The van der Waals surface area contributed by atoms with Crippen LogP contribution in [-0.4, -0.2) is 29.7 Å². The Morgan fingerprint density at radius 2 is 1.76 bits per heavy atom. The molecule has 0 saturated heterocycles. The lowest BCUT2D eigenvalue weighted by molar-refractivity contribution is 0.0692. The van der Waals surface area contributed by atoms with Crippen LogP contribution in [0.1, 0.15) is 10.4 Å².